The molecule has 1 heterocycles. The second kappa shape index (κ2) is 8.28. The molecule has 1 aliphatic carbocycles. The highest BCUT2D eigenvalue weighted by atomic mass is 32.1. The minimum Gasteiger partial charge on any atom is -0.312 e. The van der Waals surface area contributed by atoms with Gasteiger partial charge in [-0.25, -0.2) is 4.98 Å². The number of rotatable bonds is 7. The maximum atomic E-state index is 5.06. The first kappa shape index (κ1) is 17.0. The highest BCUT2D eigenvalue weighted by Gasteiger charge is 2.24. The van der Waals surface area contributed by atoms with Crippen LogP contribution in [0.4, 0.5) is 0 Å². The van der Waals surface area contributed by atoms with E-state index in [4.69, 9.17) is 4.98 Å². The van der Waals surface area contributed by atoms with Gasteiger partial charge < -0.3 is 5.32 Å². The van der Waals surface area contributed by atoms with Crippen molar-refractivity contribution in [1.29, 1.82) is 0 Å². The van der Waals surface area contributed by atoms with Crippen molar-refractivity contribution in [3.8, 4) is 0 Å². The molecule has 0 radical (unpaired) electrons. The summed E-state index contributed by atoms with van der Waals surface area (Å²) in [5, 5.41) is 4.98. The van der Waals surface area contributed by atoms with E-state index in [0.29, 0.717) is 5.92 Å². The number of nitrogens with zero attached hydrogens (tertiary/aromatic N) is 1. The second-order valence-electron chi connectivity index (χ2n) is 7.15. The van der Waals surface area contributed by atoms with E-state index in [-0.39, 0.29) is 0 Å². The van der Waals surface area contributed by atoms with E-state index in [0.717, 1.165) is 31.3 Å². The summed E-state index contributed by atoms with van der Waals surface area (Å²) in [5.74, 6) is 2.34. The van der Waals surface area contributed by atoms with Gasteiger partial charge in [0.1, 0.15) is 0 Å². The molecule has 3 heteroatoms. The Hall–Kier alpha value is -0.410. The van der Waals surface area contributed by atoms with E-state index in [9.17, 15) is 0 Å². The van der Waals surface area contributed by atoms with E-state index in [1.807, 2.05) is 11.3 Å². The van der Waals surface area contributed by atoms with Crippen molar-refractivity contribution in [2.45, 2.75) is 78.7 Å². The number of nitrogens with one attached hydrogen (secondary N) is 1. The van der Waals surface area contributed by atoms with Crippen molar-refractivity contribution in [2.75, 3.05) is 6.54 Å². The zero-order valence-electron chi connectivity index (χ0n) is 14.2. The van der Waals surface area contributed by atoms with Crippen LogP contribution in [0.15, 0.2) is 0 Å². The second-order valence-corrected chi connectivity index (χ2v) is 8.27. The van der Waals surface area contributed by atoms with Crippen LogP contribution < -0.4 is 5.32 Å². The number of thiazole rings is 1. The fourth-order valence-electron chi connectivity index (χ4n) is 3.15. The summed E-state index contributed by atoms with van der Waals surface area (Å²) in [5.41, 5.74) is 1.37. The van der Waals surface area contributed by atoms with Gasteiger partial charge in [-0.3, -0.25) is 0 Å². The van der Waals surface area contributed by atoms with Crippen LogP contribution in [0.5, 0.6) is 0 Å². The van der Waals surface area contributed by atoms with E-state index >= 15 is 0 Å². The monoisotopic (exact) mass is 308 g/mol. The molecule has 120 valence electrons. The van der Waals surface area contributed by atoms with Crippen molar-refractivity contribution in [1.82, 2.24) is 10.3 Å². The first-order valence-electron chi connectivity index (χ1n) is 8.79. The van der Waals surface area contributed by atoms with Gasteiger partial charge in [0.2, 0.25) is 0 Å². The van der Waals surface area contributed by atoms with Gasteiger partial charge in [0.05, 0.1) is 10.7 Å². The maximum absolute atomic E-state index is 5.06. The Morgan fingerprint density at radius 2 is 1.95 bits per heavy atom. The Morgan fingerprint density at radius 1 is 1.24 bits per heavy atom. The average molecular weight is 309 g/mol. The normalized spacial score (nSPS) is 22.9. The summed E-state index contributed by atoms with van der Waals surface area (Å²) >= 11 is 1.99. The lowest BCUT2D eigenvalue weighted by Gasteiger charge is -2.24. The fourth-order valence-corrected chi connectivity index (χ4v) is 4.38. The minimum absolute atomic E-state index is 0.691. The molecule has 0 unspecified atom stereocenters. The van der Waals surface area contributed by atoms with Gasteiger partial charge in [0.25, 0.3) is 0 Å². The van der Waals surface area contributed by atoms with Crippen molar-refractivity contribution < 1.29 is 0 Å². The molecule has 0 atom stereocenters. The molecule has 2 rings (SSSR count). The highest BCUT2D eigenvalue weighted by Crippen LogP contribution is 2.38. The molecule has 0 spiro atoms. The molecule has 0 saturated heterocycles. The molecule has 1 N–H and O–H groups in total. The smallest absolute Gasteiger partial charge is 0.0962 e. The summed E-state index contributed by atoms with van der Waals surface area (Å²) in [6.45, 7) is 11.3. The lowest BCUT2D eigenvalue weighted by Crippen LogP contribution is -2.14. The predicted molar refractivity (Wildman–Crippen MR) is 93.0 cm³/mol. The van der Waals surface area contributed by atoms with Crippen molar-refractivity contribution in [3.63, 3.8) is 0 Å². The van der Waals surface area contributed by atoms with Gasteiger partial charge in [-0.1, -0.05) is 40.5 Å². The summed E-state index contributed by atoms with van der Waals surface area (Å²) in [4.78, 5) is 6.55. The van der Waals surface area contributed by atoms with Crippen molar-refractivity contribution >= 4 is 11.3 Å². The van der Waals surface area contributed by atoms with Crippen molar-refractivity contribution in [3.05, 3.63) is 15.6 Å². The third-order valence-corrected chi connectivity index (χ3v) is 5.73. The molecule has 1 aromatic heterocycles. The van der Waals surface area contributed by atoms with Gasteiger partial charge in [-0.15, -0.1) is 11.3 Å². The first-order valence-corrected chi connectivity index (χ1v) is 9.61. The minimum atomic E-state index is 0.691. The molecular formula is C18H32N2S. The topological polar surface area (TPSA) is 24.9 Å². The summed E-state index contributed by atoms with van der Waals surface area (Å²) < 4.78 is 0. The van der Waals surface area contributed by atoms with Gasteiger partial charge in [0.15, 0.2) is 0 Å². The third kappa shape index (κ3) is 5.07. The van der Waals surface area contributed by atoms with Gasteiger partial charge in [-0.2, -0.15) is 0 Å². The molecule has 1 saturated carbocycles. The lowest BCUT2D eigenvalue weighted by atomic mass is 9.83. The van der Waals surface area contributed by atoms with E-state index in [2.05, 4.69) is 33.0 Å². The zero-order valence-corrected chi connectivity index (χ0v) is 15.1. The molecule has 0 aliphatic heterocycles. The summed E-state index contributed by atoms with van der Waals surface area (Å²) in [6, 6.07) is 0. The number of hydrogen-bond donors (Lipinski definition) is 1. The lowest BCUT2D eigenvalue weighted by molar-refractivity contribution is 0.347. The molecule has 2 nitrogen and oxygen atoms in total. The zero-order chi connectivity index (χ0) is 15.2. The van der Waals surface area contributed by atoms with Gasteiger partial charge in [0, 0.05) is 17.3 Å². The fraction of sp³-hybridized carbons (Fsp3) is 0.833. The number of hydrogen-bond acceptors (Lipinski definition) is 3. The third-order valence-electron chi connectivity index (χ3n) is 4.47. The molecular weight excluding hydrogens is 276 g/mol. The average Bonchev–Trinajstić information content (AvgIpc) is 2.82. The molecule has 1 aromatic rings. The molecule has 0 aromatic carbocycles. The van der Waals surface area contributed by atoms with Crippen LogP contribution in [-0.4, -0.2) is 11.5 Å². The van der Waals surface area contributed by atoms with Crippen LogP contribution in [0, 0.1) is 11.8 Å². The summed E-state index contributed by atoms with van der Waals surface area (Å²) in [6.07, 6.45) is 7.78. The SMILES string of the molecule is CCCNCc1sc(C2CCC(C)CC2)nc1CC(C)C. The Bertz CT molecular complexity index is 417. The predicted octanol–water partition coefficient (Wildman–Crippen LogP) is 5.13. The van der Waals surface area contributed by atoms with Crippen LogP contribution in [-0.2, 0) is 13.0 Å². The Balaban J connectivity index is 2.07. The standard InChI is InChI=1S/C18H32N2S/c1-5-10-19-12-17-16(11-13(2)3)20-18(21-17)15-8-6-14(4)7-9-15/h13-15,19H,5-12H2,1-4H3. The summed E-state index contributed by atoms with van der Waals surface area (Å²) in [7, 11) is 0. The number of aromatic nitrogens is 1. The van der Waals surface area contributed by atoms with Gasteiger partial charge in [-0.05, 0) is 44.1 Å². The molecule has 21 heavy (non-hydrogen) atoms. The largest absolute Gasteiger partial charge is 0.312 e. The molecule has 1 aliphatic rings. The van der Waals surface area contributed by atoms with Crippen LogP contribution in [0.1, 0.15) is 81.3 Å². The molecule has 0 amide bonds. The maximum Gasteiger partial charge on any atom is 0.0962 e. The van der Waals surface area contributed by atoms with Crippen molar-refractivity contribution in [2.24, 2.45) is 11.8 Å². The van der Waals surface area contributed by atoms with E-state index < -0.39 is 0 Å². The van der Waals surface area contributed by atoms with Crippen LogP contribution >= 0.6 is 11.3 Å². The Labute approximate surface area is 134 Å². The quantitative estimate of drug-likeness (QED) is 0.706. The first-order chi connectivity index (χ1) is 10.1. The van der Waals surface area contributed by atoms with E-state index in [1.54, 1.807) is 0 Å². The Kier molecular flexibility index (Phi) is 6.69. The van der Waals surface area contributed by atoms with Crippen LogP contribution in [0.2, 0.25) is 0 Å². The highest BCUT2D eigenvalue weighted by molar-refractivity contribution is 7.11. The Morgan fingerprint density at radius 3 is 2.57 bits per heavy atom. The van der Waals surface area contributed by atoms with Crippen LogP contribution in [0.25, 0.3) is 0 Å². The van der Waals surface area contributed by atoms with E-state index in [1.165, 1.54) is 47.7 Å². The molecule has 1 fully saturated rings. The van der Waals surface area contributed by atoms with Gasteiger partial charge >= 0.3 is 0 Å². The van der Waals surface area contributed by atoms with Crippen LogP contribution in [0.3, 0.4) is 0 Å². The molecule has 0 bridgehead atoms.